The molecule has 2 rings (SSSR count). The van der Waals surface area contributed by atoms with Gasteiger partial charge in [-0.15, -0.1) is 0 Å². The second-order valence-corrected chi connectivity index (χ2v) is 3.49. The molecule has 2 aromatic rings. The van der Waals surface area contributed by atoms with Gasteiger partial charge in [-0.05, 0) is 23.3 Å². The second kappa shape index (κ2) is 4.16. The summed E-state index contributed by atoms with van der Waals surface area (Å²) >= 11 is 5.85. The minimum atomic E-state index is 0.556. The van der Waals surface area contributed by atoms with E-state index in [0.717, 1.165) is 11.1 Å². The summed E-state index contributed by atoms with van der Waals surface area (Å²) < 4.78 is 0. The van der Waals surface area contributed by atoms with Gasteiger partial charge >= 0.3 is 0 Å². The summed E-state index contributed by atoms with van der Waals surface area (Å²) in [6.45, 7) is 0. The van der Waals surface area contributed by atoms with Gasteiger partial charge in [-0.3, -0.25) is 0 Å². The van der Waals surface area contributed by atoms with Crippen LogP contribution in [0.5, 0.6) is 0 Å². The number of halogens is 1. The minimum Gasteiger partial charge on any atom is -0.192 e. The predicted octanol–water partition coefficient (Wildman–Crippen LogP) is 3.68. The second-order valence-electron chi connectivity index (χ2n) is 3.08. The van der Waals surface area contributed by atoms with Gasteiger partial charge in [0.2, 0.25) is 0 Å². The smallest absolute Gasteiger partial charge is 0.0998 e. The van der Waals surface area contributed by atoms with Crippen molar-refractivity contribution in [1.82, 2.24) is 0 Å². The maximum absolute atomic E-state index is 8.96. The third-order valence-electron chi connectivity index (χ3n) is 2.12. The SMILES string of the molecule is N#Cc1ccccc1-c1cc[c]c(Cl)c1. The van der Waals surface area contributed by atoms with Gasteiger partial charge in [0.25, 0.3) is 0 Å². The van der Waals surface area contributed by atoms with Crippen molar-refractivity contribution in [3.8, 4) is 17.2 Å². The zero-order chi connectivity index (χ0) is 10.7. The van der Waals surface area contributed by atoms with E-state index in [-0.39, 0.29) is 0 Å². The molecule has 0 fully saturated rings. The molecule has 0 bridgehead atoms. The van der Waals surface area contributed by atoms with Crippen LogP contribution < -0.4 is 0 Å². The van der Waals surface area contributed by atoms with Crippen LogP contribution in [0.2, 0.25) is 5.02 Å². The van der Waals surface area contributed by atoms with Crippen molar-refractivity contribution in [2.75, 3.05) is 0 Å². The van der Waals surface area contributed by atoms with E-state index in [1.807, 2.05) is 24.3 Å². The van der Waals surface area contributed by atoms with Crippen molar-refractivity contribution in [2.24, 2.45) is 0 Å². The standard InChI is InChI=1S/C13H7ClN/c14-12-6-3-5-10(8-12)13-7-2-1-4-11(13)9-15/h1-5,7-8H. The summed E-state index contributed by atoms with van der Waals surface area (Å²) in [7, 11) is 0. The number of nitrogens with zero attached hydrogens (tertiary/aromatic N) is 1. The zero-order valence-electron chi connectivity index (χ0n) is 7.87. The van der Waals surface area contributed by atoms with Crippen LogP contribution in [0.3, 0.4) is 0 Å². The lowest BCUT2D eigenvalue weighted by Gasteiger charge is -2.03. The van der Waals surface area contributed by atoms with Gasteiger partial charge in [-0.2, -0.15) is 5.26 Å². The number of hydrogen-bond donors (Lipinski definition) is 0. The van der Waals surface area contributed by atoms with Crippen LogP contribution in [0.4, 0.5) is 0 Å². The number of hydrogen-bond acceptors (Lipinski definition) is 1. The summed E-state index contributed by atoms with van der Waals surface area (Å²) in [5.74, 6) is 0. The molecule has 0 heterocycles. The first kappa shape index (κ1) is 9.76. The van der Waals surface area contributed by atoms with Gasteiger partial charge < -0.3 is 0 Å². The Hall–Kier alpha value is -1.78. The molecule has 0 unspecified atom stereocenters. The third kappa shape index (κ3) is 2.01. The van der Waals surface area contributed by atoms with E-state index in [2.05, 4.69) is 12.1 Å². The summed E-state index contributed by atoms with van der Waals surface area (Å²) in [5, 5.41) is 9.51. The molecule has 0 aliphatic rings. The van der Waals surface area contributed by atoms with Crippen LogP contribution >= 0.6 is 11.6 Å². The highest BCUT2D eigenvalue weighted by molar-refractivity contribution is 6.30. The molecule has 0 saturated carbocycles. The highest BCUT2D eigenvalue weighted by atomic mass is 35.5. The lowest BCUT2D eigenvalue weighted by molar-refractivity contribution is 1.48. The largest absolute Gasteiger partial charge is 0.192 e. The van der Waals surface area contributed by atoms with Crippen molar-refractivity contribution in [2.45, 2.75) is 0 Å². The maximum atomic E-state index is 8.96. The number of benzene rings is 2. The fourth-order valence-electron chi connectivity index (χ4n) is 1.44. The van der Waals surface area contributed by atoms with Crippen molar-refractivity contribution in [3.05, 3.63) is 59.1 Å². The highest BCUT2D eigenvalue weighted by Gasteiger charge is 2.03. The molecule has 2 aromatic carbocycles. The monoisotopic (exact) mass is 212 g/mol. The van der Waals surface area contributed by atoms with Gasteiger partial charge in [0.05, 0.1) is 11.6 Å². The molecular weight excluding hydrogens is 206 g/mol. The Morgan fingerprint density at radius 2 is 2.00 bits per heavy atom. The summed E-state index contributed by atoms with van der Waals surface area (Å²) in [6, 6.07) is 17.9. The minimum absolute atomic E-state index is 0.556. The van der Waals surface area contributed by atoms with E-state index >= 15 is 0 Å². The van der Waals surface area contributed by atoms with Crippen LogP contribution in [0, 0.1) is 17.4 Å². The van der Waals surface area contributed by atoms with Gasteiger partial charge in [0, 0.05) is 11.1 Å². The first-order valence-corrected chi connectivity index (χ1v) is 4.86. The van der Waals surface area contributed by atoms with Gasteiger partial charge in [-0.25, -0.2) is 0 Å². The van der Waals surface area contributed by atoms with Crippen molar-refractivity contribution >= 4 is 11.6 Å². The zero-order valence-corrected chi connectivity index (χ0v) is 8.62. The molecular formula is C13H7ClN. The molecule has 1 radical (unpaired) electrons. The number of rotatable bonds is 1. The Morgan fingerprint density at radius 1 is 1.20 bits per heavy atom. The molecule has 15 heavy (non-hydrogen) atoms. The van der Waals surface area contributed by atoms with Gasteiger partial charge in [0.1, 0.15) is 0 Å². The van der Waals surface area contributed by atoms with Crippen molar-refractivity contribution < 1.29 is 0 Å². The van der Waals surface area contributed by atoms with E-state index in [0.29, 0.717) is 10.6 Å². The average Bonchev–Trinajstić information content (AvgIpc) is 2.29. The van der Waals surface area contributed by atoms with Crippen molar-refractivity contribution in [1.29, 1.82) is 5.26 Å². The van der Waals surface area contributed by atoms with Gasteiger partial charge in [-0.1, -0.05) is 41.9 Å². The summed E-state index contributed by atoms with van der Waals surface area (Å²) in [5.41, 5.74) is 2.49. The molecule has 0 aromatic heterocycles. The van der Waals surface area contributed by atoms with Crippen LogP contribution in [-0.4, -0.2) is 0 Å². The van der Waals surface area contributed by atoms with Crippen LogP contribution in [0.15, 0.2) is 42.5 Å². The van der Waals surface area contributed by atoms with E-state index < -0.39 is 0 Å². The van der Waals surface area contributed by atoms with E-state index in [1.54, 1.807) is 18.2 Å². The molecule has 0 saturated heterocycles. The molecule has 0 aliphatic carbocycles. The van der Waals surface area contributed by atoms with E-state index in [9.17, 15) is 0 Å². The Morgan fingerprint density at radius 3 is 2.73 bits per heavy atom. The van der Waals surface area contributed by atoms with Crippen LogP contribution in [-0.2, 0) is 0 Å². The normalized spacial score (nSPS) is 9.60. The molecule has 2 heteroatoms. The van der Waals surface area contributed by atoms with Crippen LogP contribution in [0.1, 0.15) is 5.56 Å². The first-order valence-electron chi connectivity index (χ1n) is 4.48. The fourth-order valence-corrected chi connectivity index (χ4v) is 1.62. The van der Waals surface area contributed by atoms with E-state index in [4.69, 9.17) is 16.9 Å². The van der Waals surface area contributed by atoms with E-state index in [1.165, 1.54) is 0 Å². The van der Waals surface area contributed by atoms with Gasteiger partial charge in [0.15, 0.2) is 0 Å². The molecule has 0 atom stereocenters. The molecule has 0 spiro atoms. The molecule has 0 N–H and O–H groups in total. The van der Waals surface area contributed by atoms with Crippen LogP contribution in [0.25, 0.3) is 11.1 Å². The highest BCUT2D eigenvalue weighted by Crippen LogP contribution is 2.25. The molecule has 1 nitrogen and oxygen atoms in total. The molecule has 71 valence electrons. The Labute approximate surface area is 93.5 Å². The summed E-state index contributed by atoms with van der Waals surface area (Å²) in [4.78, 5) is 0. The Bertz CT molecular complexity index is 526. The lowest BCUT2D eigenvalue weighted by atomic mass is 10.0. The lowest BCUT2D eigenvalue weighted by Crippen LogP contribution is -1.83. The Kier molecular flexibility index (Phi) is 2.71. The molecule has 0 aliphatic heterocycles. The fraction of sp³-hybridized carbons (Fsp3) is 0. The molecule has 0 amide bonds. The predicted molar refractivity (Wildman–Crippen MR) is 60.4 cm³/mol. The maximum Gasteiger partial charge on any atom is 0.0998 e. The average molecular weight is 213 g/mol. The quantitative estimate of drug-likeness (QED) is 0.708. The summed E-state index contributed by atoms with van der Waals surface area (Å²) in [6.07, 6.45) is 0. The topological polar surface area (TPSA) is 23.8 Å². The Balaban J connectivity index is 2.60. The first-order chi connectivity index (χ1) is 7.31. The third-order valence-corrected chi connectivity index (χ3v) is 2.34. The van der Waals surface area contributed by atoms with Crippen molar-refractivity contribution in [3.63, 3.8) is 0 Å². The number of nitriles is 1.